The van der Waals surface area contributed by atoms with Gasteiger partial charge in [0, 0.05) is 30.3 Å². The largest absolute Gasteiger partial charge is 0.457 e. The maximum atomic E-state index is 12.9. The van der Waals surface area contributed by atoms with E-state index in [-0.39, 0.29) is 11.6 Å². The van der Waals surface area contributed by atoms with Crippen LogP contribution < -0.4 is 0 Å². The number of nitro groups is 1. The molecule has 1 unspecified atom stereocenters. The molecule has 2 heterocycles. The molecule has 0 saturated carbocycles. The van der Waals surface area contributed by atoms with E-state index in [4.69, 9.17) is 16.6 Å². The highest BCUT2D eigenvalue weighted by molar-refractivity contribution is 8.26. The van der Waals surface area contributed by atoms with Crippen molar-refractivity contribution in [3.05, 3.63) is 57.2 Å². The standard InChI is InChI=1S/C22H24N2O4S2/c1-3-5-7-15(4-2)14-23-21(25)20(30-22(23)29)13-18-10-11-19(28-18)16-8-6-9-17(12-16)24(26)27/h6,8-13,15H,3-5,7,14H2,1-2H3. The van der Waals surface area contributed by atoms with E-state index in [2.05, 4.69) is 13.8 Å². The molecule has 0 aliphatic carbocycles. The number of carbonyl (C=O) groups excluding carboxylic acids is 1. The Bertz CT molecular complexity index is 983. The summed E-state index contributed by atoms with van der Waals surface area (Å²) in [5.74, 6) is 1.37. The predicted molar refractivity (Wildman–Crippen MR) is 124 cm³/mol. The van der Waals surface area contributed by atoms with Crippen LogP contribution in [-0.2, 0) is 4.79 Å². The van der Waals surface area contributed by atoms with Gasteiger partial charge in [-0.25, -0.2) is 0 Å². The number of thioether (sulfide) groups is 1. The first-order valence-electron chi connectivity index (χ1n) is 10.0. The molecular formula is C22H24N2O4S2. The van der Waals surface area contributed by atoms with Gasteiger partial charge in [0.05, 0.1) is 9.83 Å². The lowest BCUT2D eigenvalue weighted by Gasteiger charge is -2.21. The van der Waals surface area contributed by atoms with Crippen molar-refractivity contribution in [2.24, 2.45) is 5.92 Å². The number of hydrogen-bond acceptors (Lipinski definition) is 6. The molecule has 1 aromatic heterocycles. The number of rotatable bonds is 9. The fourth-order valence-corrected chi connectivity index (χ4v) is 4.58. The SMILES string of the molecule is CCCCC(CC)CN1C(=O)C(=Cc2ccc(-c3cccc([N+](=O)[O-])c3)o2)SC1=S. The Labute approximate surface area is 185 Å². The third-order valence-electron chi connectivity index (χ3n) is 5.10. The number of unbranched alkanes of at least 4 members (excludes halogenated alkanes) is 1. The number of nitrogens with zero attached hydrogens (tertiary/aromatic N) is 2. The van der Waals surface area contributed by atoms with E-state index in [1.165, 1.54) is 23.9 Å². The van der Waals surface area contributed by atoms with Crippen LogP contribution in [0.1, 0.15) is 45.3 Å². The monoisotopic (exact) mass is 444 g/mol. The molecule has 3 rings (SSSR count). The minimum atomic E-state index is -0.442. The van der Waals surface area contributed by atoms with Gasteiger partial charge in [0.15, 0.2) is 0 Å². The fraction of sp³-hybridized carbons (Fsp3) is 0.364. The van der Waals surface area contributed by atoms with Crippen molar-refractivity contribution in [3.8, 4) is 11.3 Å². The zero-order valence-electron chi connectivity index (χ0n) is 17.0. The van der Waals surface area contributed by atoms with Gasteiger partial charge < -0.3 is 4.42 Å². The Kier molecular flexibility index (Phi) is 7.44. The van der Waals surface area contributed by atoms with E-state index in [1.807, 2.05) is 0 Å². The Morgan fingerprint density at radius 2 is 2.10 bits per heavy atom. The number of hydrogen-bond donors (Lipinski definition) is 0. The quantitative estimate of drug-likeness (QED) is 0.196. The summed E-state index contributed by atoms with van der Waals surface area (Å²) in [7, 11) is 0. The summed E-state index contributed by atoms with van der Waals surface area (Å²) in [4.78, 5) is 25.6. The molecular weight excluding hydrogens is 420 g/mol. The number of non-ortho nitro benzene ring substituents is 1. The van der Waals surface area contributed by atoms with Crippen LogP contribution in [0.3, 0.4) is 0 Å². The lowest BCUT2D eigenvalue weighted by molar-refractivity contribution is -0.384. The van der Waals surface area contributed by atoms with Gasteiger partial charge in [-0.1, -0.05) is 69.2 Å². The number of carbonyl (C=O) groups is 1. The molecule has 8 heteroatoms. The Balaban J connectivity index is 1.75. The van der Waals surface area contributed by atoms with E-state index >= 15 is 0 Å². The molecule has 1 amide bonds. The average molecular weight is 445 g/mol. The number of furan rings is 1. The van der Waals surface area contributed by atoms with E-state index < -0.39 is 4.92 Å². The van der Waals surface area contributed by atoms with Crippen LogP contribution in [0.5, 0.6) is 0 Å². The summed E-state index contributed by atoms with van der Waals surface area (Å²) in [6.45, 7) is 4.96. The maximum Gasteiger partial charge on any atom is 0.270 e. The van der Waals surface area contributed by atoms with Gasteiger partial charge in [0.1, 0.15) is 15.8 Å². The first-order chi connectivity index (χ1) is 14.4. The third kappa shape index (κ3) is 5.17. The van der Waals surface area contributed by atoms with Crippen LogP contribution in [0.4, 0.5) is 5.69 Å². The summed E-state index contributed by atoms with van der Waals surface area (Å²) in [5.41, 5.74) is 0.609. The van der Waals surface area contributed by atoms with Crippen LogP contribution >= 0.6 is 24.0 Å². The van der Waals surface area contributed by atoms with Crippen molar-refractivity contribution < 1.29 is 14.1 Å². The number of thiocarbonyl (C=S) groups is 1. The number of benzene rings is 1. The van der Waals surface area contributed by atoms with Crippen LogP contribution in [0, 0.1) is 16.0 Å². The summed E-state index contributed by atoms with van der Waals surface area (Å²) >= 11 is 6.73. The van der Waals surface area contributed by atoms with Crippen molar-refractivity contribution in [1.29, 1.82) is 0 Å². The zero-order chi connectivity index (χ0) is 21.7. The average Bonchev–Trinajstić information content (AvgIpc) is 3.31. The second-order valence-corrected chi connectivity index (χ2v) is 8.89. The highest BCUT2D eigenvalue weighted by atomic mass is 32.2. The van der Waals surface area contributed by atoms with Gasteiger partial charge in [-0.3, -0.25) is 19.8 Å². The van der Waals surface area contributed by atoms with E-state index in [0.717, 1.165) is 25.7 Å². The number of amides is 1. The van der Waals surface area contributed by atoms with Gasteiger partial charge >= 0.3 is 0 Å². The van der Waals surface area contributed by atoms with Crippen LogP contribution in [-0.4, -0.2) is 26.6 Å². The van der Waals surface area contributed by atoms with Crippen LogP contribution in [0.15, 0.2) is 45.7 Å². The highest BCUT2D eigenvalue weighted by Crippen LogP contribution is 2.35. The number of nitro benzene ring substituents is 1. The molecule has 1 aliphatic heterocycles. The molecule has 158 valence electrons. The molecule has 0 bridgehead atoms. The Morgan fingerprint density at radius 3 is 2.80 bits per heavy atom. The first kappa shape index (κ1) is 22.2. The predicted octanol–water partition coefficient (Wildman–Crippen LogP) is 6.27. The topological polar surface area (TPSA) is 76.6 Å². The summed E-state index contributed by atoms with van der Waals surface area (Å²) in [6, 6.07) is 9.74. The molecule has 6 nitrogen and oxygen atoms in total. The normalized spacial score (nSPS) is 16.5. The lowest BCUT2D eigenvalue weighted by Crippen LogP contribution is -2.33. The zero-order valence-corrected chi connectivity index (χ0v) is 18.6. The molecule has 0 radical (unpaired) electrons. The Hall–Kier alpha value is -2.45. The smallest absolute Gasteiger partial charge is 0.270 e. The molecule has 0 N–H and O–H groups in total. The summed E-state index contributed by atoms with van der Waals surface area (Å²) < 4.78 is 6.39. The molecule has 2 aromatic rings. The summed E-state index contributed by atoms with van der Waals surface area (Å²) in [5, 5.41) is 11.0. The van der Waals surface area contributed by atoms with Crippen molar-refractivity contribution in [1.82, 2.24) is 4.90 Å². The van der Waals surface area contributed by atoms with E-state index in [9.17, 15) is 14.9 Å². The van der Waals surface area contributed by atoms with Gasteiger partial charge in [0.2, 0.25) is 0 Å². The van der Waals surface area contributed by atoms with Gasteiger partial charge in [-0.2, -0.15) is 0 Å². The summed E-state index contributed by atoms with van der Waals surface area (Å²) in [6.07, 6.45) is 6.08. The van der Waals surface area contributed by atoms with Crippen molar-refractivity contribution in [2.75, 3.05) is 6.54 Å². The lowest BCUT2D eigenvalue weighted by atomic mass is 9.99. The minimum absolute atomic E-state index is 0.000118. The second kappa shape index (κ2) is 10.0. The minimum Gasteiger partial charge on any atom is -0.457 e. The first-order valence-corrected chi connectivity index (χ1v) is 11.3. The fourth-order valence-electron chi connectivity index (χ4n) is 3.32. The van der Waals surface area contributed by atoms with Crippen LogP contribution in [0.2, 0.25) is 0 Å². The molecule has 30 heavy (non-hydrogen) atoms. The molecule has 1 fully saturated rings. The molecule has 1 atom stereocenters. The van der Waals surface area contributed by atoms with Crippen molar-refractivity contribution in [2.45, 2.75) is 39.5 Å². The third-order valence-corrected chi connectivity index (χ3v) is 6.48. The van der Waals surface area contributed by atoms with E-state index in [1.54, 1.807) is 35.2 Å². The van der Waals surface area contributed by atoms with Crippen molar-refractivity contribution >= 4 is 46.0 Å². The highest BCUT2D eigenvalue weighted by Gasteiger charge is 2.33. The van der Waals surface area contributed by atoms with Crippen molar-refractivity contribution in [3.63, 3.8) is 0 Å². The van der Waals surface area contributed by atoms with E-state index in [0.29, 0.717) is 38.8 Å². The molecule has 0 spiro atoms. The second-order valence-electron chi connectivity index (χ2n) is 7.22. The van der Waals surface area contributed by atoms with Gasteiger partial charge in [-0.15, -0.1) is 0 Å². The molecule has 1 aliphatic rings. The molecule has 1 saturated heterocycles. The van der Waals surface area contributed by atoms with Gasteiger partial charge in [0.25, 0.3) is 11.6 Å². The van der Waals surface area contributed by atoms with Crippen LogP contribution in [0.25, 0.3) is 17.4 Å². The molecule has 1 aromatic carbocycles. The maximum absolute atomic E-state index is 12.9. The van der Waals surface area contributed by atoms with Gasteiger partial charge in [-0.05, 0) is 24.5 Å². The Morgan fingerprint density at radius 1 is 1.30 bits per heavy atom.